The molecule has 0 nitrogen and oxygen atoms in total. The van der Waals surface area contributed by atoms with Crippen molar-refractivity contribution in [2.24, 2.45) is 0 Å². The van der Waals surface area contributed by atoms with Gasteiger partial charge in [-0.25, -0.2) is 0 Å². The molecule has 0 saturated heterocycles. The van der Waals surface area contributed by atoms with Gasteiger partial charge in [-0.15, -0.1) is 0 Å². The van der Waals surface area contributed by atoms with Crippen LogP contribution in [0.25, 0.3) is 452 Å². The predicted molar refractivity (Wildman–Crippen MR) is 365 cm³/mol. The summed E-state index contributed by atoms with van der Waals surface area (Å²) in [5, 5.41) is 140. The summed E-state index contributed by atoms with van der Waals surface area (Å²) in [6.07, 6.45) is 0. The lowest BCUT2D eigenvalue weighted by molar-refractivity contribution is 2.11. The molecule has 0 saturated carbocycles. The first-order chi connectivity index (χ1) is 42.0. The molecule has 0 atom stereocenters. The Morgan fingerprint density at radius 3 is 0.0476 bits per heavy atom. The van der Waals surface area contributed by atoms with Gasteiger partial charge in [-0.3, -0.25) is 0 Å². The van der Waals surface area contributed by atoms with Gasteiger partial charge >= 0.3 is 0 Å². The largest absolute Gasteiger partial charge is 0 e. The third-order valence-electron chi connectivity index (χ3n) is 31.5. The molecule has 0 heteroatoms. The molecule has 44 aromatic rings. The van der Waals surface area contributed by atoms with Crippen LogP contribution in [0.2, 0.25) is 0 Å². The highest BCUT2D eigenvalue weighted by atomic mass is 14.5. The fourth-order valence-electron chi connectivity index (χ4n) is 31.5. The van der Waals surface area contributed by atoms with E-state index >= 15 is 0 Å². The fourth-order valence-corrected chi connectivity index (χ4v) is 31.5. The topological polar surface area (TPSA) is 0 Å². The second-order valence-corrected chi connectivity index (χ2v) is 31.5. The summed E-state index contributed by atoms with van der Waals surface area (Å²) in [4.78, 5) is 0. The zero-order chi connectivity index (χ0) is 48.5. The Hall–Kier alpha value is -10.9. The predicted octanol–water partition coefficient (Wildman–Crippen LogP) is 24.8. The van der Waals surface area contributed by atoms with Gasteiger partial charge in [-0.05, 0) is 0 Å². The Morgan fingerprint density at radius 2 is 0.0357 bits per heavy atom. The summed E-state index contributed by atoms with van der Waals surface area (Å²) in [5.41, 5.74) is 0. The lowest BCUT2D eigenvalue weighted by Crippen LogP contribution is -1.94. The van der Waals surface area contributed by atoms with Crippen molar-refractivity contribution in [3.63, 3.8) is 0 Å². The molecule has 44 rings (SSSR count). The van der Waals surface area contributed by atoms with Crippen LogP contribution in [-0.2, 0) is 0 Å². The minimum absolute atomic E-state index is 1.67. The third-order valence-corrected chi connectivity index (χ3v) is 31.5. The molecule has 0 fully saturated rings. The molecule has 0 spiro atoms. The van der Waals surface area contributed by atoms with Crippen LogP contribution in [0, 0.1) is 0 Å². The smallest absolute Gasteiger partial charge is 0 e. The molecular formula is C84. The maximum absolute atomic E-state index is 1.67. The van der Waals surface area contributed by atoms with Crippen LogP contribution >= 0.6 is 0 Å². The summed E-state index contributed by atoms with van der Waals surface area (Å²) in [6, 6.07) is 0. The minimum Gasteiger partial charge on any atom is 0 e. The number of benzene rings is 32. The highest BCUT2D eigenvalue weighted by Crippen LogP contribution is 2.82. The van der Waals surface area contributed by atoms with Gasteiger partial charge in [0.1, 0.15) is 0 Å². The van der Waals surface area contributed by atoms with E-state index in [2.05, 4.69) is 0 Å². The van der Waals surface area contributed by atoms with Gasteiger partial charge in [0.2, 0.25) is 0 Å². The van der Waals surface area contributed by atoms with Crippen LogP contribution in [0.5, 0.6) is 0 Å². The molecule has 0 aliphatic carbocycles. The number of hydrogen-bond acceptors (Lipinski definition) is 0. The second kappa shape index (κ2) is 6.27. The van der Waals surface area contributed by atoms with Crippen molar-refractivity contribution < 1.29 is 0 Å². The van der Waals surface area contributed by atoms with E-state index in [1.165, 1.54) is 0 Å². The van der Waals surface area contributed by atoms with E-state index in [4.69, 9.17) is 0 Å². The first-order valence-corrected chi connectivity index (χ1v) is 31.5. The van der Waals surface area contributed by atoms with Crippen LogP contribution in [-0.4, -0.2) is 0 Å². The highest BCUT2D eigenvalue weighted by molar-refractivity contribution is 6.88. The van der Waals surface area contributed by atoms with Gasteiger partial charge in [-0.1, -0.05) is 0 Å². The van der Waals surface area contributed by atoms with Crippen molar-refractivity contribution in [1.29, 1.82) is 0 Å². The Bertz CT molecular complexity index is 9270. The van der Waals surface area contributed by atoms with E-state index in [0.29, 0.717) is 0 Å². The molecule has 0 aliphatic rings. The lowest BCUT2D eigenvalue weighted by Gasteiger charge is -2.24. The van der Waals surface area contributed by atoms with Crippen LogP contribution in [0.15, 0.2) is 0 Å². The van der Waals surface area contributed by atoms with E-state index in [9.17, 15) is 0 Å². The van der Waals surface area contributed by atoms with Gasteiger partial charge in [0.05, 0.1) is 0 Å². The SMILES string of the molecule is c12c3c4c5c6c7c8c9c%10c7c7c%11c%12c%13c%14c%15c%16c%17c%18c%19c%20c%21c%22c%23c%24c(c%25c%26c%27c%28c%29c%30c%27c%27c%31c%32c%33c%34c(c%35c%36c%37c%38c%39c(c1c(c1c%39c%37c(c%13c%111)c%35%15)c7c36)c(c2c%28c4%25)c%29c%38c(c%36%34)c%32%30)c%16c1c%33c%31c(c%20c%181)c%22c%27c%24%26)c5c8c%23c%21c9c%19c(c%17%14)c%12%10. The van der Waals surface area contributed by atoms with E-state index in [1.54, 1.807) is 452 Å². The standard InChI is InChI=1S/C84/c1-5-17-41-25-9(1)33-26-10-2-6-18-42(26)70-49(33)37-13(1)29-45-21(5)57-53(17)77-58-23-7-4-12-27-35-11-3-8-20-44-28(11)36(12)52-40-16(4)32-47(23)75-67-38(50(34(10)25)69(41)81(75)77)14(2)31-48-24(6)60-55(18)79-59(56(20)80(60)84(72(44)52)76(48)68(40)64(31)63(32)67)22(8)46-30-15(3)39-51(35)71-43(27)19(7)54(58)78(57)83(71)73(45)66(39)61(29)62(30)65(37)74(46)82(70)79. The molecule has 0 aromatic heterocycles. The van der Waals surface area contributed by atoms with Crippen LogP contribution in [0.1, 0.15) is 0 Å². The van der Waals surface area contributed by atoms with Crippen LogP contribution < -0.4 is 0 Å². The third kappa shape index (κ3) is 1.44. The van der Waals surface area contributed by atoms with Crippen molar-refractivity contribution in [2.45, 2.75) is 0 Å². The van der Waals surface area contributed by atoms with Gasteiger partial charge in [0.25, 0.3) is 0 Å². The van der Waals surface area contributed by atoms with Gasteiger partial charge < -0.3 is 0 Å². The fraction of sp³-hybridized carbons (Fsp3) is 0. The summed E-state index contributed by atoms with van der Waals surface area (Å²) in [5.74, 6) is 0. The normalized spacial score (nSPS) is 18.0. The molecule has 0 aliphatic heterocycles. The quantitative estimate of drug-likeness (QED) is 0.105. The summed E-state index contributed by atoms with van der Waals surface area (Å²) >= 11 is 0. The average Bonchev–Trinajstić information content (AvgIpc) is 1.41. The molecule has 336 valence electrons. The number of hydrogen-bond donors (Lipinski definition) is 0. The molecule has 0 unspecified atom stereocenters. The van der Waals surface area contributed by atoms with Crippen molar-refractivity contribution in [1.82, 2.24) is 0 Å². The van der Waals surface area contributed by atoms with E-state index in [1.807, 2.05) is 0 Å². The Labute approximate surface area is 449 Å². The summed E-state index contributed by atoms with van der Waals surface area (Å²) in [7, 11) is 0. The van der Waals surface area contributed by atoms with Crippen molar-refractivity contribution in [3.05, 3.63) is 0 Å². The van der Waals surface area contributed by atoms with Crippen molar-refractivity contribution in [3.8, 4) is 0 Å². The van der Waals surface area contributed by atoms with Gasteiger partial charge in [0, 0.05) is 452 Å². The second-order valence-electron chi connectivity index (χ2n) is 31.5. The molecule has 0 bridgehead atoms. The van der Waals surface area contributed by atoms with Crippen LogP contribution in [0.4, 0.5) is 0 Å². The lowest BCUT2D eigenvalue weighted by atomic mass is 9.77. The van der Waals surface area contributed by atoms with Gasteiger partial charge in [0.15, 0.2) is 0 Å². The molecule has 0 heterocycles. The van der Waals surface area contributed by atoms with E-state index in [-0.39, 0.29) is 0 Å². The first-order valence-electron chi connectivity index (χ1n) is 31.5. The first kappa shape index (κ1) is 28.7. The molecule has 44 aromatic carbocycles. The summed E-state index contributed by atoms with van der Waals surface area (Å²) < 4.78 is 0. The monoisotopic (exact) mass is 1010 g/mol. The zero-order valence-corrected chi connectivity index (χ0v) is 42.0. The Balaban J connectivity index is 1.15. The molecule has 0 amide bonds. The highest BCUT2D eigenvalue weighted by Gasteiger charge is 2.53. The average molecular weight is 1010 g/mol. The molecule has 84 heavy (non-hydrogen) atoms. The minimum atomic E-state index is 1.67. The molecule has 0 radical (unpaired) electrons. The zero-order valence-electron chi connectivity index (χ0n) is 42.0. The molecule has 0 N–H and O–H groups in total. The Morgan fingerprint density at radius 1 is 0.0238 bits per heavy atom. The maximum atomic E-state index is 1.67. The Kier molecular flexibility index (Phi) is 2.14. The van der Waals surface area contributed by atoms with Crippen molar-refractivity contribution in [2.75, 3.05) is 0 Å². The number of rotatable bonds is 0. The van der Waals surface area contributed by atoms with Crippen LogP contribution in [0.3, 0.4) is 0 Å². The van der Waals surface area contributed by atoms with Crippen molar-refractivity contribution >= 4 is 452 Å². The van der Waals surface area contributed by atoms with E-state index < -0.39 is 0 Å². The van der Waals surface area contributed by atoms with E-state index in [0.717, 1.165) is 0 Å². The maximum Gasteiger partial charge on any atom is 0 e. The molecular weight excluding hydrogens is 1010 g/mol. The summed E-state index contributed by atoms with van der Waals surface area (Å²) in [6.45, 7) is 0. The van der Waals surface area contributed by atoms with Gasteiger partial charge in [-0.2, -0.15) is 0 Å².